The lowest BCUT2D eigenvalue weighted by Gasteiger charge is -2.25. The van der Waals surface area contributed by atoms with E-state index in [9.17, 15) is 0 Å². The molecule has 42 heavy (non-hydrogen) atoms. The minimum absolute atomic E-state index is 0.830. The van der Waals surface area contributed by atoms with Crippen molar-refractivity contribution in [3.63, 3.8) is 0 Å². The van der Waals surface area contributed by atoms with Crippen LogP contribution in [0.5, 0.6) is 0 Å². The Labute approximate surface area is 247 Å². The van der Waals surface area contributed by atoms with Crippen molar-refractivity contribution in [3.8, 4) is 0 Å². The van der Waals surface area contributed by atoms with Crippen LogP contribution < -0.4 is 19.6 Å². The Morgan fingerprint density at radius 3 is 0.810 bits per heavy atom. The fourth-order valence-corrected chi connectivity index (χ4v) is 5.61. The van der Waals surface area contributed by atoms with Crippen LogP contribution in [0.25, 0.3) is 0 Å². The number of nitrogens with zero attached hydrogens (tertiary/aromatic N) is 6. The molecule has 0 saturated carbocycles. The van der Waals surface area contributed by atoms with E-state index in [1.807, 2.05) is 12.1 Å². The van der Waals surface area contributed by atoms with Crippen molar-refractivity contribution in [2.24, 2.45) is 9.98 Å². The van der Waals surface area contributed by atoms with Crippen molar-refractivity contribution in [2.45, 2.75) is 0 Å². The van der Waals surface area contributed by atoms with E-state index in [0.717, 1.165) is 72.2 Å². The topological polar surface area (TPSA) is 37.7 Å². The second-order valence-electron chi connectivity index (χ2n) is 10.3. The zero-order valence-electron chi connectivity index (χ0n) is 23.4. The van der Waals surface area contributed by atoms with Crippen molar-refractivity contribution in [2.75, 3.05) is 45.8 Å². The first-order chi connectivity index (χ1) is 20.8. The molecule has 2 fully saturated rings. The highest BCUT2D eigenvalue weighted by Gasteiger charge is 2.31. The Hall–Kier alpha value is -5.36. The van der Waals surface area contributed by atoms with Gasteiger partial charge in [0.25, 0.3) is 0 Å². The first-order valence-electron chi connectivity index (χ1n) is 14.4. The van der Waals surface area contributed by atoms with Gasteiger partial charge in [0.1, 0.15) is 0 Å². The fourth-order valence-electron chi connectivity index (χ4n) is 5.61. The normalized spacial score (nSPS) is 15.0. The van der Waals surface area contributed by atoms with Crippen LogP contribution in [-0.2, 0) is 0 Å². The lowest BCUT2D eigenvalue weighted by Crippen LogP contribution is -2.34. The molecule has 5 aromatic carbocycles. The molecule has 0 aliphatic carbocycles. The van der Waals surface area contributed by atoms with Gasteiger partial charge >= 0.3 is 0 Å². The molecule has 5 aromatic rings. The number of guanidine groups is 2. The summed E-state index contributed by atoms with van der Waals surface area (Å²) in [7, 11) is 0. The molecule has 0 atom stereocenters. The Morgan fingerprint density at radius 2 is 0.548 bits per heavy atom. The summed E-state index contributed by atoms with van der Waals surface area (Å²) in [4.78, 5) is 19.8. The van der Waals surface area contributed by atoms with Gasteiger partial charge in [0.15, 0.2) is 0 Å². The summed E-state index contributed by atoms with van der Waals surface area (Å²) in [5.74, 6) is 1.79. The highest BCUT2D eigenvalue weighted by atomic mass is 15.4. The van der Waals surface area contributed by atoms with Crippen molar-refractivity contribution < 1.29 is 0 Å². The average Bonchev–Trinajstić information content (AvgIpc) is 3.68. The van der Waals surface area contributed by atoms with Crippen molar-refractivity contribution in [3.05, 3.63) is 146 Å². The minimum Gasteiger partial charge on any atom is -0.310 e. The SMILES string of the molecule is c1ccc(N2CCN(c3ccccc3)C2=Nc2ccccc2N=C2N(c3ccccc3)CCN2c2ccccc2)cc1. The molecule has 2 aliphatic rings. The summed E-state index contributed by atoms with van der Waals surface area (Å²) >= 11 is 0. The summed E-state index contributed by atoms with van der Waals surface area (Å²) in [5, 5.41) is 0. The predicted molar refractivity (Wildman–Crippen MR) is 176 cm³/mol. The van der Waals surface area contributed by atoms with E-state index in [4.69, 9.17) is 9.98 Å². The van der Waals surface area contributed by atoms with Crippen LogP contribution in [0.1, 0.15) is 0 Å². The number of para-hydroxylation sites is 6. The maximum absolute atomic E-state index is 5.34. The number of rotatable bonds is 6. The fraction of sp³-hybridized carbons (Fsp3) is 0.111. The first kappa shape index (κ1) is 25.6. The molecule has 0 aromatic heterocycles. The second kappa shape index (κ2) is 11.6. The second-order valence-corrected chi connectivity index (χ2v) is 10.3. The van der Waals surface area contributed by atoms with Crippen LogP contribution in [0.2, 0.25) is 0 Å². The van der Waals surface area contributed by atoms with Gasteiger partial charge in [-0.15, -0.1) is 0 Å². The Kier molecular flexibility index (Phi) is 7.09. The van der Waals surface area contributed by atoms with Crippen molar-refractivity contribution in [1.29, 1.82) is 0 Å². The monoisotopic (exact) mass is 548 g/mol. The molecule has 0 amide bonds. The lowest BCUT2D eigenvalue weighted by atomic mass is 10.2. The molecule has 0 unspecified atom stereocenters. The van der Waals surface area contributed by atoms with E-state index >= 15 is 0 Å². The van der Waals surface area contributed by atoms with Gasteiger partial charge in [-0.2, -0.15) is 0 Å². The Morgan fingerprint density at radius 1 is 0.310 bits per heavy atom. The number of hydrogen-bond acceptors (Lipinski definition) is 2. The molecule has 0 N–H and O–H groups in total. The van der Waals surface area contributed by atoms with E-state index in [1.54, 1.807) is 0 Å². The van der Waals surface area contributed by atoms with Crippen LogP contribution in [0, 0.1) is 0 Å². The van der Waals surface area contributed by atoms with Gasteiger partial charge in [0.2, 0.25) is 11.9 Å². The van der Waals surface area contributed by atoms with Gasteiger partial charge in [-0.1, -0.05) is 84.9 Å². The standard InChI is InChI=1S/C36H32N6/c1-5-15-29(16-6-1)39-25-26-40(30-17-7-2-8-18-30)35(39)37-33-23-13-14-24-34(33)38-36-41(31-19-9-3-10-20-31)27-28-42(36)32-21-11-4-12-22-32/h1-24H,25-28H2. The van der Waals surface area contributed by atoms with E-state index in [-0.39, 0.29) is 0 Å². The van der Waals surface area contributed by atoms with Crippen LogP contribution in [0.15, 0.2) is 156 Å². The third-order valence-electron chi connectivity index (χ3n) is 7.65. The number of anilines is 4. The minimum atomic E-state index is 0.830. The highest BCUT2D eigenvalue weighted by molar-refractivity contribution is 6.12. The molecule has 2 aliphatic heterocycles. The van der Waals surface area contributed by atoms with Gasteiger partial charge in [-0.25, -0.2) is 9.98 Å². The average molecular weight is 549 g/mol. The molecule has 0 radical (unpaired) electrons. The van der Waals surface area contributed by atoms with E-state index in [0.29, 0.717) is 0 Å². The quantitative estimate of drug-likeness (QED) is 0.218. The van der Waals surface area contributed by atoms with Gasteiger partial charge in [0.05, 0.1) is 11.4 Å². The number of hydrogen-bond donors (Lipinski definition) is 0. The molecule has 206 valence electrons. The molecule has 7 rings (SSSR count). The number of aliphatic imine (C=N–C) groups is 2. The van der Waals surface area contributed by atoms with Crippen LogP contribution in [0.4, 0.5) is 34.1 Å². The van der Waals surface area contributed by atoms with Gasteiger partial charge in [-0.05, 0) is 60.7 Å². The van der Waals surface area contributed by atoms with Crippen LogP contribution in [-0.4, -0.2) is 38.1 Å². The third-order valence-corrected chi connectivity index (χ3v) is 7.65. The van der Waals surface area contributed by atoms with Crippen molar-refractivity contribution in [1.82, 2.24) is 0 Å². The molecule has 2 heterocycles. The lowest BCUT2D eigenvalue weighted by molar-refractivity contribution is 1.02. The molecule has 6 nitrogen and oxygen atoms in total. The molecular weight excluding hydrogens is 516 g/mol. The maximum Gasteiger partial charge on any atom is 0.211 e. The smallest absolute Gasteiger partial charge is 0.211 e. The van der Waals surface area contributed by atoms with E-state index in [2.05, 4.69) is 153 Å². The van der Waals surface area contributed by atoms with Crippen LogP contribution >= 0.6 is 0 Å². The molecule has 6 heteroatoms. The zero-order valence-corrected chi connectivity index (χ0v) is 23.4. The summed E-state index contributed by atoms with van der Waals surface area (Å²) < 4.78 is 0. The molecule has 2 saturated heterocycles. The molecule has 0 bridgehead atoms. The largest absolute Gasteiger partial charge is 0.310 e. The maximum atomic E-state index is 5.34. The first-order valence-corrected chi connectivity index (χ1v) is 14.4. The predicted octanol–water partition coefficient (Wildman–Crippen LogP) is 7.72. The number of benzene rings is 5. The van der Waals surface area contributed by atoms with E-state index < -0.39 is 0 Å². The van der Waals surface area contributed by atoms with Crippen molar-refractivity contribution >= 4 is 46.0 Å². The molecule has 0 spiro atoms. The zero-order chi connectivity index (χ0) is 28.1. The van der Waals surface area contributed by atoms with Gasteiger partial charge in [0, 0.05) is 48.9 Å². The summed E-state index contributed by atoms with van der Waals surface area (Å²) in [6.45, 7) is 3.38. The Balaban J connectivity index is 1.34. The summed E-state index contributed by atoms with van der Waals surface area (Å²) in [6, 6.07) is 50.2. The van der Waals surface area contributed by atoms with Gasteiger partial charge in [-0.3, -0.25) is 0 Å². The summed E-state index contributed by atoms with van der Waals surface area (Å²) in [6.07, 6.45) is 0. The van der Waals surface area contributed by atoms with Gasteiger partial charge < -0.3 is 19.6 Å². The van der Waals surface area contributed by atoms with Crippen LogP contribution in [0.3, 0.4) is 0 Å². The summed E-state index contributed by atoms with van der Waals surface area (Å²) in [5.41, 5.74) is 6.16. The molecular formula is C36H32N6. The third kappa shape index (κ3) is 5.10. The van der Waals surface area contributed by atoms with E-state index in [1.165, 1.54) is 0 Å². The highest BCUT2D eigenvalue weighted by Crippen LogP contribution is 2.34. The Bertz CT molecular complexity index is 1460.